The van der Waals surface area contributed by atoms with Gasteiger partial charge < -0.3 is 4.74 Å². The lowest BCUT2D eigenvalue weighted by atomic mass is 10.2. The summed E-state index contributed by atoms with van der Waals surface area (Å²) in [5.74, 6) is -0.353. The van der Waals surface area contributed by atoms with Crippen LogP contribution in [0.3, 0.4) is 0 Å². The Morgan fingerprint density at radius 2 is 1.38 bits per heavy atom. The predicted octanol–water partition coefficient (Wildman–Crippen LogP) is 4.39. The maximum absolute atomic E-state index is 11.7. The van der Waals surface area contributed by atoms with Crippen molar-refractivity contribution in [3.63, 3.8) is 0 Å². The molecule has 0 aliphatic carbocycles. The molecule has 0 aliphatic rings. The summed E-state index contributed by atoms with van der Waals surface area (Å²) in [4.78, 5) is 24.9. The van der Waals surface area contributed by atoms with Gasteiger partial charge in [0, 0.05) is 25.5 Å². The summed E-state index contributed by atoms with van der Waals surface area (Å²) in [5, 5.41) is 1.68. The van der Waals surface area contributed by atoms with Crippen LogP contribution < -0.4 is 0 Å². The molecular formula is C19H17N3O2S2. The van der Waals surface area contributed by atoms with Gasteiger partial charge in [-0.2, -0.15) is 0 Å². The lowest BCUT2D eigenvalue weighted by molar-refractivity contribution is -0.146. The number of thioether (sulfide) groups is 2. The van der Waals surface area contributed by atoms with Gasteiger partial charge in [-0.3, -0.25) is 9.78 Å². The molecular weight excluding hydrogens is 366 g/mol. The monoisotopic (exact) mass is 383 g/mol. The average Bonchev–Trinajstić information content (AvgIpc) is 2.68. The lowest BCUT2D eigenvalue weighted by Gasteiger charge is -2.25. The fourth-order valence-electron chi connectivity index (χ4n) is 2.20. The molecule has 0 spiro atoms. The van der Waals surface area contributed by atoms with Gasteiger partial charge in [0.2, 0.25) is 0 Å². The molecule has 26 heavy (non-hydrogen) atoms. The Balaban J connectivity index is 1.93. The summed E-state index contributed by atoms with van der Waals surface area (Å²) in [6, 6.07) is 17.0. The molecule has 0 amide bonds. The Morgan fingerprint density at radius 3 is 1.81 bits per heavy atom. The first-order chi connectivity index (χ1) is 12.7. The quantitative estimate of drug-likeness (QED) is 0.341. The topological polar surface area (TPSA) is 65.0 Å². The van der Waals surface area contributed by atoms with Gasteiger partial charge in [0.1, 0.15) is 4.58 Å². The summed E-state index contributed by atoms with van der Waals surface area (Å²) in [5.41, 5.74) is 0.694. The first kappa shape index (κ1) is 18.4. The molecule has 0 saturated carbocycles. The molecule has 0 aliphatic heterocycles. The average molecular weight is 383 g/mol. The molecule has 5 nitrogen and oxygen atoms in total. The van der Waals surface area contributed by atoms with Crippen molar-refractivity contribution >= 4 is 29.5 Å². The standard InChI is InChI=1S/C19H17N3O2S2/c1-14(23)24-18(15-8-2-5-11-20-15)19(25-16-9-3-6-12-21-16)26-17-10-4-7-13-22-17/h2-13,18-19H,1H3. The number of carbonyl (C=O) groups is 1. The van der Waals surface area contributed by atoms with E-state index in [1.807, 2.05) is 54.6 Å². The SMILES string of the molecule is CC(=O)OC(c1ccccn1)C(Sc1ccccn1)Sc1ccccn1. The molecule has 0 fully saturated rings. The van der Waals surface area contributed by atoms with E-state index in [0.29, 0.717) is 5.69 Å². The van der Waals surface area contributed by atoms with Crippen LogP contribution in [0.4, 0.5) is 0 Å². The number of esters is 1. The van der Waals surface area contributed by atoms with Crippen molar-refractivity contribution in [3.8, 4) is 0 Å². The van der Waals surface area contributed by atoms with Crippen LogP contribution in [0.1, 0.15) is 18.7 Å². The van der Waals surface area contributed by atoms with Crippen molar-refractivity contribution < 1.29 is 9.53 Å². The van der Waals surface area contributed by atoms with Crippen molar-refractivity contribution in [2.75, 3.05) is 0 Å². The van der Waals surface area contributed by atoms with Crippen molar-refractivity contribution in [1.29, 1.82) is 0 Å². The fraction of sp³-hybridized carbons (Fsp3) is 0.158. The fourth-order valence-corrected chi connectivity index (χ4v) is 4.65. The van der Waals surface area contributed by atoms with E-state index in [1.165, 1.54) is 30.4 Å². The number of hydrogen-bond donors (Lipinski definition) is 0. The third-order valence-electron chi connectivity index (χ3n) is 3.27. The molecule has 3 aromatic heterocycles. The van der Waals surface area contributed by atoms with Crippen LogP contribution in [0.2, 0.25) is 0 Å². The Kier molecular flexibility index (Phi) is 6.62. The molecule has 1 unspecified atom stereocenters. The van der Waals surface area contributed by atoms with Gasteiger partial charge in [-0.15, -0.1) is 0 Å². The summed E-state index contributed by atoms with van der Waals surface area (Å²) < 4.78 is 5.45. The second-order valence-corrected chi connectivity index (χ2v) is 7.85. The lowest BCUT2D eigenvalue weighted by Crippen LogP contribution is -2.19. The number of rotatable bonds is 7. The Morgan fingerprint density at radius 1 is 0.846 bits per heavy atom. The van der Waals surface area contributed by atoms with E-state index in [0.717, 1.165) is 10.1 Å². The van der Waals surface area contributed by atoms with Gasteiger partial charge in [0.05, 0.1) is 15.7 Å². The molecule has 1 atom stereocenters. The molecule has 3 aromatic rings. The van der Waals surface area contributed by atoms with E-state index in [1.54, 1.807) is 18.6 Å². The zero-order valence-electron chi connectivity index (χ0n) is 14.1. The number of hydrogen-bond acceptors (Lipinski definition) is 7. The third-order valence-corrected chi connectivity index (χ3v) is 5.77. The number of ether oxygens (including phenoxy) is 1. The number of nitrogens with zero attached hydrogens (tertiary/aromatic N) is 3. The van der Waals surface area contributed by atoms with Crippen LogP contribution in [0, 0.1) is 0 Å². The molecule has 0 N–H and O–H groups in total. The first-order valence-electron chi connectivity index (χ1n) is 7.96. The molecule has 0 saturated heterocycles. The summed E-state index contributed by atoms with van der Waals surface area (Å²) in [6.07, 6.45) is 4.64. The smallest absolute Gasteiger partial charge is 0.303 e. The zero-order chi connectivity index (χ0) is 18.2. The number of aromatic nitrogens is 3. The number of pyridine rings is 3. The van der Waals surface area contributed by atoms with Crippen molar-refractivity contribution in [2.45, 2.75) is 27.7 Å². The van der Waals surface area contributed by atoms with E-state index < -0.39 is 6.10 Å². The summed E-state index contributed by atoms with van der Waals surface area (Å²) in [7, 11) is 0. The molecule has 7 heteroatoms. The van der Waals surface area contributed by atoms with Crippen molar-refractivity contribution in [1.82, 2.24) is 15.0 Å². The highest BCUT2D eigenvalue weighted by Crippen LogP contribution is 2.42. The van der Waals surface area contributed by atoms with Gasteiger partial charge in [0.25, 0.3) is 0 Å². The van der Waals surface area contributed by atoms with Crippen LogP contribution in [-0.2, 0) is 9.53 Å². The molecule has 3 rings (SSSR count). The minimum atomic E-state index is -0.535. The minimum Gasteiger partial charge on any atom is -0.454 e. The third kappa shape index (κ3) is 5.31. The largest absolute Gasteiger partial charge is 0.454 e. The Labute approximate surface area is 160 Å². The van der Waals surface area contributed by atoms with Gasteiger partial charge >= 0.3 is 5.97 Å². The van der Waals surface area contributed by atoms with Gasteiger partial charge in [-0.25, -0.2) is 9.97 Å². The normalized spacial score (nSPS) is 11.9. The minimum absolute atomic E-state index is 0.196. The van der Waals surface area contributed by atoms with Gasteiger partial charge in [0.15, 0.2) is 6.10 Å². The highest BCUT2D eigenvalue weighted by Gasteiger charge is 2.30. The predicted molar refractivity (Wildman–Crippen MR) is 103 cm³/mol. The van der Waals surface area contributed by atoms with Crippen LogP contribution in [-0.4, -0.2) is 25.5 Å². The van der Waals surface area contributed by atoms with Crippen molar-refractivity contribution in [3.05, 3.63) is 78.9 Å². The van der Waals surface area contributed by atoms with Gasteiger partial charge in [-0.1, -0.05) is 41.7 Å². The summed E-state index contributed by atoms with van der Waals surface area (Å²) in [6.45, 7) is 1.41. The van der Waals surface area contributed by atoms with Crippen LogP contribution in [0.15, 0.2) is 83.2 Å². The molecule has 132 valence electrons. The van der Waals surface area contributed by atoms with E-state index >= 15 is 0 Å². The second-order valence-electron chi connectivity index (χ2n) is 5.22. The van der Waals surface area contributed by atoms with E-state index in [-0.39, 0.29) is 10.6 Å². The first-order valence-corrected chi connectivity index (χ1v) is 9.72. The van der Waals surface area contributed by atoms with Crippen LogP contribution >= 0.6 is 23.5 Å². The van der Waals surface area contributed by atoms with Gasteiger partial charge in [-0.05, 0) is 36.4 Å². The molecule has 0 aromatic carbocycles. The van der Waals surface area contributed by atoms with E-state index in [2.05, 4.69) is 15.0 Å². The molecule has 0 radical (unpaired) electrons. The zero-order valence-corrected chi connectivity index (χ0v) is 15.7. The number of carbonyl (C=O) groups excluding carboxylic acids is 1. The molecule has 3 heterocycles. The highest BCUT2D eigenvalue weighted by molar-refractivity contribution is 8.17. The van der Waals surface area contributed by atoms with E-state index in [9.17, 15) is 4.79 Å². The van der Waals surface area contributed by atoms with Crippen LogP contribution in [0.25, 0.3) is 0 Å². The Bertz CT molecular complexity index is 778. The Hall–Kier alpha value is -2.38. The van der Waals surface area contributed by atoms with E-state index in [4.69, 9.17) is 4.74 Å². The molecule has 0 bridgehead atoms. The van der Waals surface area contributed by atoms with Crippen LogP contribution in [0.5, 0.6) is 0 Å². The second kappa shape index (κ2) is 9.35. The maximum Gasteiger partial charge on any atom is 0.303 e. The summed E-state index contributed by atoms with van der Waals surface area (Å²) >= 11 is 3.05. The highest BCUT2D eigenvalue weighted by atomic mass is 32.2. The van der Waals surface area contributed by atoms with Crippen molar-refractivity contribution in [2.24, 2.45) is 0 Å². The maximum atomic E-state index is 11.7.